The van der Waals surface area contributed by atoms with E-state index in [-0.39, 0.29) is 29.7 Å². The molecule has 116 valence electrons. The maximum absolute atomic E-state index is 11.9. The number of halogens is 1. The first kappa shape index (κ1) is 21.3. The van der Waals surface area contributed by atoms with Crippen molar-refractivity contribution in [1.82, 2.24) is 10.6 Å². The Hall–Kier alpha value is -0.0500. The van der Waals surface area contributed by atoms with Crippen LogP contribution in [-0.4, -0.2) is 44.5 Å². The Labute approximate surface area is 135 Å². The number of nitrogens with zero attached hydrogens (tertiary/aromatic N) is 1. The molecule has 0 saturated carbocycles. The molecule has 19 heavy (non-hydrogen) atoms. The van der Waals surface area contributed by atoms with Crippen molar-refractivity contribution < 1.29 is 8.42 Å². The van der Waals surface area contributed by atoms with Gasteiger partial charge in [-0.15, -0.1) is 24.0 Å². The van der Waals surface area contributed by atoms with Crippen LogP contribution in [0.4, 0.5) is 0 Å². The van der Waals surface area contributed by atoms with Crippen molar-refractivity contribution in [3.8, 4) is 0 Å². The third-order valence-electron chi connectivity index (χ3n) is 2.82. The third kappa shape index (κ3) is 7.96. The molecule has 0 aliphatic rings. The molecule has 0 amide bonds. The van der Waals surface area contributed by atoms with Gasteiger partial charge < -0.3 is 10.6 Å². The van der Waals surface area contributed by atoms with Crippen LogP contribution < -0.4 is 10.6 Å². The smallest absolute Gasteiger partial charge is 0.191 e. The number of rotatable bonds is 5. The summed E-state index contributed by atoms with van der Waals surface area (Å²) in [6.45, 7) is 9.65. The number of nitrogens with one attached hydrogen (secondary N) is 2. The van der Waals surface area contributed by atoms with E-state index in [0.717, 1.165) is 6.42 Å². The van der Waals surface area contributed by atoms with E-state index in [1.807, 2.05) is 0 Å². The minimum absolute atomic E-state index is 0. The molecule has 0 saturated heterocycles. The van der Waals surface area contributed by atoms with E-state index in [4.69, 9.17) is 0 Å². The summed E-state index contributed by atoms with van der Waals surface area (Å²) < 4.78 is 23.1. The van der Waals surface area contributed by atoms with E-state index < -0.39 is 14.6 Å². The fraction of sp³-hybridized carbons (Fsp3) is 0.917. The maximum atomic E-state index is 11.9. The largest absolute Gasteiger partial charge is 0.355 e. The second-order valence-electron chi connectivity index (χ2n) is 5.38. The Balaban J connectivity index is 0. The first-order valence-electron chi connectivity index (χ1n) is 6.33. The van der Waals surface area contributed by atoms with Crippen LogP contribution in [0.25, 0.3) is 0 Å². The molecule has 0 aromatic rings. The van der Waals surface area contributed by atoms with Crippen molar-refractivity contribution in [3.63, 3.8) is 0 Å². The Bertz CT molecular complexity index is 375. The standard InChI is InChI=1S/C12H27N3O2S.HI/c1-7-10(2)15-11(13-6)14-8-9-18(16,17)12(3,4)5;/h10H,7-9H2,1-6H3,(H2,13,14,15);1H. The maximum Gasteiger partial charge on any atom is 0.191 e. The Morgan fingerprint density at radius 1 is 1.32 bits per heavy atom. The summed E-state index contributed by atoms with van der Waals surface area (Å²) >= 11 is 0. The lowest BCUT2D eigenvalue weighted by molar-refractivity contribution is 0.558. The van der Waals surface area contributed by atoms with Gasteiger partial charge in [0.15, 0.2) is 15.8 Å². The van der Waals surface area contributed by atoms with Gasteiger partial charge in [-0.25, -0.2) is 8.42 Å². The average Bonchev–Trinajstić information content (AvgIpc) is 2.25. The lowest BCUT2D eigenvalue weighted by Gasteiger charge is -2.20. The van der Waals surface area contributed by atoms with Crippen molar-refractivity contribution in [2.24, 2.45) is 4.99 Å². The van der Waals surface area contributed by atoms with E-state index in [9.17, 15) is 8.42 Å². The Morgan fingerprint density at radius 3 is 2.21 bits per heavy atom. The zero-order valence-corrected chi connectivity index (χ0v) is 15.9. The molecular weight excluding hydrogens is 377 g/mol. The molecule has 0 aromatic heterocycles. The van der Waals surface area contributed by atoms with Crippen molar-refractivity contribution in [2.75, 3.05) is 19.3 Å². The van der Waals surface area contributed by atoms with Crippen LogP contribution in [0.15, 0.2) is 4.99 Å². The molecule has 0 bridgehead atoms. The Morgan fingerprint density at radius 2 is 1.84 bits per heavy atom. The summed E-state index contributed by atoms with van der Waals surface area (Å²) in [6.07, 6.45) is 0.987. The van der Waals surface area contributed by atoms with Crippen LogP contribution in [0.5, 0.6) is 0 Å². The number of hydrogen-bond acceptors (Lipinski definition) is 3. The van der Waals surface area contributed by atoms with Gasteiger partial charge in [-0.1, -0.05) is 6.92 Å². The van der Waals surface area contributed by atoms with Crippen molar-refractivity contribution in [1.29, 1.82) is 0 Å². The van der Waals surface area contributed by atoms with Gasteiger partial charge >= 0.3 is 0 Å². The molecule has 0 aromatic carbocycles. The SMILES string of the molecule is CCC(C)NC(=NC)NCCS(=O)(=O)C(C)(C)C.I. The van der Waals surface area contributed by atoms with Gasteiger partial charge in [0, 0.05) is 19.6 Å². The van der Waals surface area contributed by atoms with Gasteiger partial charge in [-0.2, -0.15) is 0 Å². The van der Waals surface area contributed by atoms with Crippen molar-refractivity contribution >= 4 is 39.8 Å². The van der Waals surface area contributed by atoms with Crippen LogP contribution in [0.3, 0.4) is 0 Å². The van der Waals surface area contributed by atoms with Gasteiger partial charge in [-0.05, 0) is 34.1 Å². The minimum atomic E-state index is -3.08. The lowest BCUT2D eigenvalue weighted by Crippen LogP contribution is -2.44. The molecule has 7 heteroatoms. The molecule has 1 unspecified atom stereocenters. The molecule has 2 N–H and O–H groups in total. The van der Waals surface area contributed by atoms with Crippen LogP contribution in [0.1, 0.15) is 41.0 Å². The molecule has 0 heterocycles. The second kappa shape index (κ2) is 8.99. The van der Waals surface area contributed by atoms with Gasteiger partial charge in [0.25, 0.3) is 0 Å². The highest BCUT2D eigenvalue weighted by molar-refractivity contribution is 14.0. The molecule has 5 nitrogen and oxygen atoms in total. The summed E-state index contributed by atoms with van der Waals surface area (Å²) in [5, 5.41) is 6.21. The fourth-order valence-electron chi connectivity index (χ4n) is 1.14. The predicted molar refractivity (Wildman–Crippen MR) is 93.2 cm³/mol. The molecule has 0 aliphatic heterocycles. The van der Waals surface area contributed by atoms with E-state index in [2.05, 4.69) is 29.5 Å². The predicted octanol–water partition coefficient (Wildman–Crippen LogP) is 1.78. The summed E-state index contributed by atoms with van der Waals surface area (Å²) in [4.78, 5) is 4.06. The van der Waals surface area contributed by atoms with Crippen LogP contribution >= 0.6 is 24.0 Å². The molecule has 0 fully saturated rings. The van der Waals surface area contributed by atoms with E-state index >= 15 is 0 Å². The second-order valence-corrected chi connectivity index (χ2v) is 8.25. The topological polar surface area (TPSA) is 70.6 Å². The minimum Gasteiger partial charge on any atom is -0.355 e. The summed E-state index contributed by atoms with van der Waals surface area (Å²) in [5.41, 5.74) is 0. The number of sulfone groups is 1. The van der Waals surface area contributed by atoms with E-state index in [0.29, 0.717) is 18.5 Å². The highest BCUT2D eigenvalue weighted by atomic mass is 127. The molecule has 0 aliphatic carbocycles. The summed E-state index contributed by atoms with van der Waals surface area (Å²) in [7, 11) is -1.40. The van der Waals surface area contributed by atoms with Crippen LogP contribution in [0, 0.1) is 0 Å². The average molecular weight is 405 g/mol. The molecule has 1 atom stereocenters. The van der Waals surface area contributed by atoms with Gasteiger partial charge in [0.2, 0.25) is 0 Å². The molecular formula is C12H28IN3O2S. The summed E-state index contributed by atoms with van der Waals surface area (Å²) in [5.74, 6) is 0.756. The molecule has 0 rings (SSSR count). The van der Waals surface area contributed by atoms with Crippen molar-refractivity contribution in [2.45, 2.75) is 51.8 Å². The third-order valence-corrected chi connectivity index (χ3v) is 5.42. The van der Waals surface area contributed by atoms with Gasteiger partial charge in [0.1, 0.15) is 0 Å². The van der Waals surface area contributed by atoms with Gasteiger partial charge in [-0.3, -0.25) is 4.99 Å². The summed E-state index contributed by atoms with van der Waals surface area (Å²) in [6, 6.07) is 0.315. The van der Waals surface area contributed by atoms with Gasteiger partial charge in [0.05, 0.1) is 10.5 Å². The number of hydrogen-bond donors (Lipinski definition) is 2. The monoisotopic (exact) mass is 405 g/mol. The van der Waals surface area contributed by atoms with Crippen LogP contribution in [0.2, 0.25) is 0 Å². The van der Waals surface area contributed by atoms with Crippen LogP contribution in [-0.2, 0) is 9.84 Å². The number of aliphatic imine (C=N–C) groups is 1. The van der Waals surface area contributed by atoms with Crippen molar-refractivity contribution in [3.05, 3.63) is 0 Å². The van der Waals surface area contributed by atoms with E-state index in [1.165, 1.54) is 0 Å². The molecule has 0 spiro atoms. The lowest BCUT2D eigenvalue weighted by atomic mass is 10.3. The normalized spacial score (nSPS) is 14.5. The zero-order valence-electron chi connectivity index (χ0n) is 12.8. The number of guanidine groups is 1. The zero-order chi connectivity index (χ0) is 14.4. The first-order chi connectivity index (χ1) is 8.14. The highest BCUT2D eigenvalue weighted by Crippen LogP contribution is 2.15. The Kier molecular flexibility index (Phi) is 10.1. The molecule has 0 radical (unpaired) electrons. The first-order valence-corrected chi connectivity index (χ1v) is 7.98. The van der Waals surface area contributed by atoms with E-state index in [1.54, 1.807) is 27.8 Å². The quantitative estimate of drug-likeness (QED) is 0.416. The fourth-order valence-corrected chi connectivity index (χ4v) is 2.12. The highest BCUT2D eigenvalue weighted by Gasteiger charge is 2.28.